The lowest BCUT2D eigenvalue weighted by molar-refractivity contribution is 0.0996. The fourth-order valence-corrected chi connectivity index (χ4v) is 2.22. The van der Waals surface area contributed by atoms with Crippen LogP contribution in [0, 0.1) is 12.7 Å². The molecule has 6 heteroatoms. The van der Waals surface area contributed by atoms with Gasteiger partial charge in [0.2, 0.25) is 5.55 Å². The number of amides is 1. The maximum Gasteiger partial charge on any atom is 0.254 e. The number of phenolic OH excluding ortho intramolecular Hbond substituents is 1. The van der Waals surface area contributed by atoms with Crippen molar-refractivity contribution in [3.05, 3.63) is 65.0 Å². The van der Waals surface area contributed by atoms with E-state index in [4.69, 9.17) is 10.2 Å². The summed E-state index contributed by atoms with van der Waals surface area (Å²) in [6.07, 6.45) is 0. The number of aromatic hydroxyl groups is 1. The molecule has 3 rings (SSSR count). The van der Waals surface area contributed by atoms with Gasteiger partial charge in [-0.1, -0.05) is 0 Å². The van der Waals surface area contributed by atoms with Gasteiger partial charge in [-0.05, 0) is 48.9 Å². The van der Waals surface area contributed by atoms with Crippen molar-refractivity contribution in [2.24, 2.45) is 10.7 Å². The maximum atomic E-state index is 13.2. The third-order valence-electron chi connectivity index (χ3n) is 3.38. The van der Waals surface area contributed by atoms with E-state index in [9.17, 15) is 14.3 Å². The van der Waals surface area contributed by atoms with Crippen molar-refractivity contribution < 1.29 is 18.7 Å². The molecular weight excluding hydrogens is 299 g/mol. The van der Waals surface area contributed by atoms with Gasteiger partial charge in [-0.3, -0.25) is 4.79 Å². The summed E-state index contributed by atoms with van der Waals surface area (Å²) >= 11 is 0. The highest BCUT2D eigenvalue weighted by atomic mass is 19.1. The molecule has 3 N–H and O–H groups in total. The zero-order valence-electron chi connectivity index (χ0n) is 12.2. The molecule has 1 amide bonds. The van der Waals surface area contributed by atoms with Crippen molar-refractivity contribution >= 4 is 22.6 Å². The Labute approximate surface area is 130 Å². The highest BCUT2D eigenvalue weighted by molar-refractivity contribution is 5.95. The summed E-state index contributed by atoms with van der Waals surface area (Å²) in [5.74, 6) is -1.05. The number of aryl methyl sites for hydroxylation is 1. The van der Waals surface area contributed by atoms with Crippen molar-refractivity contribution in [1.82, 2.24) is 0 Å². The Morgan fingerprint density at radius 2 is 2.00 bits per heavy atom. The third-order valence-corrected chi connectivity index (χ3v) is 3.38. The third kappa shape index (κ3) is 2.91. The molecule has 0 fully saturated rings. The molecule has 0 unspecified atom stereocenters. The van der Waals surface area contributed by atoms with Crippen molar-refractivity contribution in [3.8, 4) is 5.75 Å². The summed E-state index contributed by atoms with van der Waals surface area (Å²) < 4.78 is 18.8. The Hall–Kier alpha value is -3.15. The molecule has 0 atom stereocenters. The Kier molecular flexibility index (Phi) is 3.57. The van der Waals surface area contributed by atoms with Gasteiger partial charge in [0.1, 0.15) is 22.7 Å². The molecule has 0 bridgehead atoms. The molecule has 23 heavy (non-hydrogen) atoms. The molecular formula is C17H13FN2O3. The molecule has 2 aromatic carbocycles. The van der Waals surface area contributed by atoms with Crippen molar-refractivity contribution in [2.45, 2.75) is 6.92 Å². The van der Waals surface area contributed by atoms with E-state index in [1.807, 2.05) is 0 Å². The van der Waals surface area contributed by atoms with Gasteiger partial charge in [-0.15, -0.1) is 0 Å². The SMILES string of the molecule is Cc1cc(F)ccc1N=c1oc2cc(O)ccc2cc1C(N)=O. The van der Waals surface area contributed by atoms with Crippen LogP contribution in [0.3, 0.4) is 0 Å². The minimum Gasteiger partial charge on any atom is -0.508 e. The van der Waals surface area contributed by atoms with Gasteiger partial charge in [-0.2, -0.15) is 0 Å². The molecule has 1 heterocycles. The highest BCUT2D eigenvalue weighted by Gasteiger charge is 2.10. The van der Waals surface area contributed by atoms with Gasteiger partial charge in [0, 0.05) is 11.5 Å². The van der Waals surface area contributed by atoms with Crippen LogP contribution in [-0.4, -0.2) is 11.0 Å². The van der Waals surface area contributed by atoms with E-state index in [1.54, 1.807) is 13.0 Å². The number of primary amides is 1. The summed E-state index contributed by atoms with van der Waals surface area (Å²) in [6.45, 7) is 1.69. The topological polar surface area (TPSA) is 88.8 Å². The summed E-state index contributed by atoms with van der Waals surface area (Å²) in [6, 6.07) is 10.1. The van der Waals surface area contributed by atoms with Crippen LogP contribution in [0.1, 0.15) is 15.9 Å². The Bertz CT molecular complexity index is 993. The quantitative estimate of drug-likeness (QED) is 0.762. The number of benzene rings is 2. The molecule has 1 aromatic heterocycles. The molecule has 3 aromatic rings. The first-order chi connectivity index (χ1) is 10.9. The lowest BCUT2D eigenvalue weighted by atomic mass is 10.1. The number of fused-ring (bicyclic) bond motifs is 1. The number of halogens is 1. The highest BCUT2D eigenvalue weighted by Crippen LogP contribution is 2.21. The first kappa shape index (κ1) is 14.8. The van der Waals surface area contributed by atoms with Gasteiger partial charge >= 0.3 is 0 Å². The minimum atomic E-state index is -0.692. The second-order valence-electron chi connectivity index (χ2n) is 5.09. The number of hydrogen-bond donors (Lipinski definition) is 2. The molecule has 5 nitrogen and oxygen atoms in total. The van der Waals surface area contributed by atoms with Crippen LogP contribution < -0.4 is 11.3 Å². The second kappa shape index (κ2) is 5.57. The average Bonchev–Trinajstić information content (AvgIpc) is 2.49. The normalized spacial score (nSPS) is 11.8. The summed E-state index contributed by atoms with van der Waals surface area (Å²) in [4.78, 5) is 15.9. The number of rotatable bonds is 2. The predicted molar refractivity (Wildman–Crippen MR) is 82.8 cm³/mol. The number of carbonyl (C=O) groups is 1. The lowest BCUT2D eigenvalue weighted by Gasteiger charge is -2.04. The number of hydrogen-bond acceptors (Lipinski definition) is 4. The standard InChI is InChI=1S/C17H13FN2O3/c1-9-6-11(18)3-5-14(9)20-17-13(16(19)22)7-10-2-4-12(21)8-15(10)23-17/h2-8,21H,1H3,(H2,19,22). The van der Waals surface area contributed by atoms with Crippen molar-refractivity contribution in [1.29, 1.82) is 0 Å². The minimum absolute atomic E-state index is 0.00491. The average molecular weight is 312 g/mol. The van der Waals surface area contributed by atoms with E-state index in [2.05, 4.69) is 4.99 Å². The van der Waals surface area contributed by atoms with Gasteiger partial charge < -0.3 is 15.3 Å². The summed E-state index contributed by atoms with van der Waals surface area (Å²) in [5.41, 5.74) is 6.89. The van der Waals surface area contributed by atoms with Crippen molar-refractivity contribution in [2.75, 3.05) is 0 Å². The smallest absolute Gasteiger partial charge is 0.254 e. The van der Waals surface area contributed by atoms with Gasteiger partial charge in [0.15, 0.2) is 0 Å². The summed E-state index contributed by atoms with van der Waals surface area (Å²) in [7, 11) is 0. The van der Waals surface area contributed by atoms with Crippen molar-refractivity contribution in [3.63, 3.8) is 0 Å². The first-order valence-electron chi connectivity index (χ1n) is 6.81. The lowest BCUT2D eigenvalue weighted by Crippen LogP contribution is -2.21. The number of carbonyl (C=O) groups excluding carboxylic acids is 1. The Morgan fingerprint density at radius 1 is 1.22 bits per heavy atom. The van der Waals surface area contributed by atoms with Crippen LogP contribution >= 0.6 is 0 Å². The monoisotopic (exact) mass is 312 g/mol. The second-order valence-corrected chi connectivity index (χ2v) is 5.09. The van der Waals surface area contributed by atoms with E-state index >= 15 is 0 Å². The molecule has 0 aliphatic heterocycles. The van der Waals surface area contributed by atoms with Gasteiger partial charge in [0.05, 0.1) is 5.69 Å². The molecule has 0 aliphatic rings. The Balaban J connectivity index is 2.31. The number of nitrogens with zero attached hydrogens (tertiary/aromatic N) is 1. The molecule has 0 aliphatic carbocycles. The largest absolute Gasteiger partial charge is 0.508 e. The Morgan fingerprint density at radius 3 is 2.70 bits per heavy atom. The molecule has 0 saturated heterocycles. The zero-order chi connectivity index (χ0) is 16.6. The summed E-state index contributed by atoms with van der Waals surface area (Å²) in [5, 5.41) is 10.1. The van der Waals surface area contributed by atoms with Gasteiger partial charge in [-0.25, -0.2) is 9.38 Å². The van der Waals surface area contributed by atoms with Crippen LogP contribution in [0.5, 0.6) is 5.75 Å². The zero-order valence-corrected chi connectivity index (χ0v) is 12.2. The van der Waals surface area contributed by atoms with Gasteiger partial charge in [0.25, 0.3) is 5.91 Å². The van der Waals surface area contributed by atoms with E-state index in [0.29, 0.717) is 22.2 Å². The van der Waals surface area contributed by atoms with E-state index in [0.717, 1.165) is 0 Å². The maximum absolute atomic E-state index is 13.2. The first-order valence-corrected chi connectivity index (χ1v) is 6.81. The number of phenols is 1. The van der Waals surface area contributed by atoms with Crippen LogP contribution in [0.15, 0.2) is 51.9 Å². The van der Waals surface area contributed by atoms with Crippen LogP contribution in [-0.2, 0) is 0 Å². The van der Waals surface area contributed by atoms with E-state index in [1.165, 1.54) is 36.4 Å². The van der Waals surface area contributed by atoms with Crippen LogP contribution in [0.25, 0.3) is 11.0 Å². The molecule has 0 saturated carbocycles. The fourth-order valence-electron chi connectivity index (χ4n) is 2.22. The van der Waals surface area contributed by atoms with Crippen LogP contribution in [0.4, 0.5) is 10.1 Å². The fraction of sp³-hybridized carbons (Fsp3) is 0.0588. The van der Waals surface area contributed by atoms with E-state index in [-0.39, 0.29) is 22.7 Å². The predicted octanol–water partition coefficient (Wildman–Crippen LogP) is 2.92. The number of nitrogens with two attached hydrogens (primary N) is 1. The molecule has 0 spiro atoms. The van der Waals surface area contributed by atoms with Crippen LogP contribution in [0.2, 0.25) is 0 Å². The molecule has 116 valence electrons. The van der Waals surface area contributed by atoms with E-state index < -0.39 is 5.91 Å². The molecule has 0 radical (unpaired) electrons.